The fourth-order valence-electron chi connectivity index (χ4n) is 2.00. The lowest BCUT2D eigenvalue weighted by atomic mass is 10.1. The Balaban J connectivity index is 1.93. The Hall–Kier alpha value is -0.380. The highest BCUT2D eigenvalue weighted by molar-refractivity contribution is 9.10. The lowest BCUT2D eigenvalue weighted by Crippen LogP contribution is -2.25. The molecular formula is C16H24BrNO. The van der Waals surface area contributed by atoms with Gasteiger partial charge in [-0.3, -0.25) is 0 Å². The van der Waals surface area contributed by atoms with Crippen LogP contribution in [-0.2, 0) is 4.74 Å². The van der Waals surface area contributed by atoms with Crippen LogP contribution in [0.4, 0.5) is 0 Å². The first-order valence-corrected chi connectivity index (χ1v) is 8.05. The van der Waals surface area contributed by atoms with Gasteiger partial charge in [0.05, 0.1) is 6.10 Å². The number of hydrogen-bond acceptors (Lipinski definition) is 2. The molecule has 1 unspecified atom stereocenters. The zero-order valence-corrected chi connectivity index (χ0v) is 13.4. The third-order valence-corrected chi connectivity index (χ3v) is 4.16. The molecule has 0 amide bonds. The molecule has 2 nitrogen and oxygen atoms in total. The van der Waals surface area contributed by atoms with Crippen LogP contribution in [0.25, 0.3) is 0 Å². The maximum Gasteiger partial charge on any atom is 0.0960 e. The second kappa shape index (κ2) is 7.41. The zero-order chi connectivity index (χ0) is 13.7. The maximum atomic E-state index is 6.11. The van der Waals surface area contributed by atoms with Crippen molar-refractivity contribution in [2.75, 3.05) is 13.2 Å². The van der Waals surface area contributed by atoms with Gasteiger partial charge in [0.2, 0.25) is 0 Å². The van der Waals surface area contributed by atoms with Gasteiger partial charge >= 0.3 is 0 Å². The first kappa shape index (κ1) is 15.0. The molecule has 19 heavy (non-hydrogen) atoms. The van der Waals surface area contributed by atoms with E-state index in [2.05, 4.69) is 53.3 Å². The molecule has 0 aliphatic heterocycles. The summed E-state index contributed by atoms with van der Waals surface area (Å²) >= 11 is 3.63. The van der Waals surface area contributed by atoms with Gasteiger partial charge in [0.1, 0.15) is 0 Å². The van der Waals surface area contributed by atoms with Crippen molar-refractivity contribution in [3.63, 3.8) is 0 Å². The van der Waals surface area contributed by atoms with Gasteiger partial charge < -0.3 is 10.1 Å². The smallest absolute Gasteiger partial charge is 0.0960 e. The van der Waals surface area contributed by atoms with Crippen molar-refractivity contribution in [1.29, 1.82) is 0 Å². The molecule has 0 radical (unpaired) electrons. The van der Waals surface area contributed by atoms with E-state index in [1.807, 2.05) is 6.07 Å². The summed E-state index contributed by atoms with van der Waals surface area (Å²) in [5.41, 5.74) is 1.25. The number of hydrogen-bond donors (Lipinski definition) is 1. The summed E-state index contributed by atoms with van der Waals surface area (Å²) in [6.45, 7) is 6.21. The maximum absolute atomic E-state index is 6.11. The van der Waals surface area contributed by atoms with Gasteiger partial charge in [-0.15, -0.1) is 0 Å². The van der Waals surface area contributed by atoms with Crippen molar-refractivity contribution in [3.05, 3.63) is 34.3 Å². The van der Waals surface area contributed by atoms with Crippen LogP contribution in [-0.4, -0.2) is 19.2 Å². The molecule has 3 heteroatoms. The van der Waals surface area contributed by atoms with Crippen molar-refractivity contribution in [2.45, 2.75) is 45.3 Å². The normalized spacial score (nSPS) is 16.8. The standard InChI is InChI=1S/C16H24BrNO/c1-12(2)9-10-19-16(11-18-13-7-8-13)14-5-3-4-6-15(14)17/h3-6,12-13,16,18H,7-11H2,1-2H3. The fourth-order valence-corrected chi connectivity index (χ4v) is 2.54. The van der Waals surface area contributed by atoms with Crippen molar-refractivity contribution < 1.29 is 4.74 Å². The summed E-state index contributed by atoms with van der Waals surface area (Å²) in [7, 11) is 0. The summed E-state index contributed by atoms with van der Waals surface area (Å²) in [5.74, 6) is 0.691. The highest BCUT2D eigenvalue weighted by atomic mass is 79.9. The van der Waals surface area contributed by atoms with E-state index < -0.39 is 0 Å². The van der Waals surface area contributed by atoms with E-state index in [0.717, 1.165) is 30.1 Å². The SMILES string of the molecule is CC(C)CCOC(CNC1CC1)c1ccccc1Br. The van der Waals surface area contributed by atoms with Gasteiger partial charge in [0, 0.05) is 23.7 Å². The van der Waals surface area contributed by atoms with Crippen LogP contribution in [0.5, 0.6) is 0 Å². The molecule has 1 aliphatic rings. The number of halogens is 1. The number of nitrogens with one attached hydrogen (secondary N) is 1. The van der Waals surface area contributed by atoms with Gasteiger partial charge in [0.15, 0.2) is 0 Å². The topological polar surface area (TPSA) is 21.3 Å². The first-order chi connectivity index (χ1) is 9.16. The molecular weight excluding hydrogens is 302 g/mol. The number of ether oxygens (including phenoxy) is 1. The molecule has 106 valence electrons. The van der Waals surface area contributed by atoms with E-state index in [-0.39, 0.29) is 6.10 Å². The van der Waals surface area contributed by atoms with Crippen LogP contribution >= 0.6 is 15.9 Å². The summed E-state index contributed by atoms with van der Waals surface area (Å²) in [4.78, 5) is 0. The Labute approximate surface area is 125 Å². The Morgan fingerprint density at radius 1 is 1.32 bits per heavy atom. The van der Waals surface area contributed by atoms with Gasteiger partial charge in [-0.05, 0) is 36.8 Å². The molecule has 1 aliphatic carbocycles. The summed E-state index contributed by atoms with van der Waals surface area (Å²) in [5, 5.41) is 3.57. The molecule has 2 rings (SSSR count). The van der Waals surface area contributed by atoms with Gasteiger partial charge in [-0.25, -0.2) is 0 Å². The van der Waals surface area contributed by atoms with Crippen LogP contribution in [0.15, 0.2) is 28.7 Å². The summed E-state index contributed by atoms with van der Waals surface area (Å²) in [6.07, 6.45) is 3.89. The van der Waals surface area contributed by atoms with E-state index in [1.54, 1.807) is 0 Å². The van der Waals surface area contributed by atoms with Crippen molar-refractivity contribution in [2.24, 2.45) is 5.92 Å². The Morgan fingerprint density at radius 3 is 2.68 bits per heavy atom. The first-order valence-electron chi connectivity index (χ1n) is 7.26. The minimum absolute atomic E-state index is 0.148. The van der Waals surface area contributed by atoms with E-state index in [4.69, 9.17) is 4.74 Å². The second-order valence-electron chi connectivity index (χ2n) is 5.75. The molecule has 1 aromatic rings. The van der Waals surface area contributed by atoms with Crippen LogP contribution < -0.4 is 5.32 Å². The van der Waals surface area contributed by atoms with Crippen molar-refractivity contribution in [1.82, 2.24) is 5.32 Å². The predicted octanol–water partition coefficient (Wildman–Crippen LogP) is 4.30. The molecule has 0 saturated heterocycles. The monoisotopic (exact) mass is 325 g/mol. The zero-order valence-electron chi connectivity index (χ0n) is 11.9. The van der Waals surface area contributed by atoms with E-state index in [9.17, 15) is 0 Å². The molecule has 0 heterocycles. The Kier molecular flexibility index (Phi) is 5.86. The molecule has 1 saturated carbocycles. The fraction of sp³-hybridized carbons (Fsp3) is 0.625. The molecule has 1 fully saturated rings. The molecule has 1 aromatic carbocycles. The van der Waals surface area contributed by atoms with Crippen LogP contribution in [0.2, 0.25) is 0 Å². The Bertz CT molecular complexity index is 390. The molecule has 1 atom stereocenters. The van der Waals surface area contributed by atoms with Crippen LogP contribution in [0, 0.1) is 5.92 Å². The quantitative estimate of drug-likeness (QED) is 0.769. The summed E-state index contributed by atoms with van der Waals surface area (Å²) < 4.78 is 7.25. The molecule has 1 N–H and O–H groups in total. The average molecular weight is 326 g/mol. The highest BCUT2D eigenvalue weighted by Gasteiger charge is 2.23. The van der Waals surface area contributed by atoms with Gasteiger partial charge in [-0.1, -0.05) is 48.0 Å². The minimum atomic E-state index is 0.148. The second-order valence-corrected chi connectivity index (χ2v) is 6.60. The summed E-state index contributed by atoms with van der Waals surface area (Å²) in [6, 6.07) is 9.09. The van der Waals surface area contributed by atoms with E-state index >= 15 is 0 Å². The molecule has 0 spiro atoms. The van der Waals surface area contributed by atoms with Crippen molar-refractivity contribution >= 4 is 15.9 Å². The van der Waals surface area contributed by atoms with Gasteiger partial charge in [0.25, 0.3) is 0 Å². The molecule has 0 bridgehead atoms. The minimum Gasteiger partial charge on any atom is -0.372 e. The number of rotatable bonds is 8. The third kappa shape index (κ3) is 5.25. The van der Waals surface area contributed by atoms with Gasteiger partial charge in [-0.2, -0.15) is 0 Å². The number of benzene rings is 1. The Morgan fingerprint density at radius 2 is 2.05 bits per heavy atom. The largest absolute Gasteiger partial charge is 0.372 e. The predicted molar refractivity (Wildman–Crippen MR) is 83.3 cm³/mol. The van der Waals surface area contributed by atoms with Crippen LogP contribution in [0.1, 0.15) is 44.8 Å². The lowest BCUT2D eigenvalue weighted by molar-refractivity contribution is 0.0451. The third-order valence-electron chi connectivity index (χ3n) is 3.44. The highest BCUT2D eigenvalue weighted by Crippen LogP contribution is 2.27. The van der Waals surface area contributed by atoms with Crippen molar-refractivity contribution in [3.8, 4) is 0 Å². The lowest BCUT2D eigenvalue weighted by Gasteiger charge is -2.21. The van der Waals surface area contributed by atoms with Crippen LogP contribution in [0.3, 0.4) is 0 Å². The van der Waals surface area contributed by atoms with E-state index in [1.165, 1.54) is 18.4 Å². The molecule has 0 aromatic heterocycles. The van der Waals surface area contributed by atoms with E-state index in [0.29, 0.717) is 5.92 Å². The average Bonchev–Trinajstić information content (AvgIpc) is 3.18.